The highest BCUT2D eigenvalue weighted by Gasteiger charge is 2.27. The molecular formula is C24H31ClN2O2S. The summed E-state index contributed by atoms with van der Waals surface area (Å²) in [7, 11) is 0. The quantitative estimate of drug-likeness (QED) is 0.544. The molecule has 0 aliphatic carbocycles. The van der Waals surface area contributed by atoms with Crippen LogP contribution in [0.2, 0.25) is 5.02 Å². The Bertz CT molecular complexity index is 841. The van der Waals surface area contributed by atoms with Gasteiger partial charge in [0.1, 0.15) is 6.04 Å². The van der Waals surface area contributed by atoms with E-state index in [-0.39, 0.29) is 17.9 Å². The van der Waals surface area contributed by atoms with Crippen molar-refractivity contribution in [2.75, 3.05) is 5.75 Å². The van der Waals surface area contributed by atoms with Crippen molar-refractivity contribution in [3.8, 4) is 0 Å². The van der Waals surface area contributed by atoms with Gasteiger partial charge in [0.05, 0.1) is 5.75 Å². The molecule has 2 rings (SSSR count). The van der Waals surface area contributed by atoms with Crippen molar-refractivity contribution in [2.45, 2.75) is 58.5 Å². The van der Waals surface area contributed by atoms with Crippen LogP contribution in [0, 0.1) is 6.92 Å². The zero-order valence-electron chi connectivity index (χ0n) is 18.2. The van der Waals surface area contributed by atoms with E-state index in [1.807, 2.05) is 32.0 Å². The van der Waals surface area contributed by atoms with Crippen molar-refractivity contribution in [3.05, 3.63) is 70.2 Å². The topological polar surface area (TPSA) is 49.4 Å². The predicted molar refractivity (Wildman–Crippen MR) is 127 cm³/mol. The second-order valence-electron chi connectivity index (χ2n) is 7.59. The fourth-order valence-electron chi connectivity index (χ4n) is 2.88. The standard InChI is InChI=1S/C24H31ClN2O2S/c1-5-18(3)26-24(29)19(4)27(14-21-8-6-7-9-22(21)25)23(28)16-30-15-20-12-10-17(2)11-13-20/h6-13,18-19H,5,14-16H2,1-4H3,(H,26,29)/t18-,19-/m0/s1. The molecule has 0 fully saturated rings. The first-order valence-electron chi connectivity index (χ1n) is 10.3. The highest BCUT2D eigenvalue weighted by molar-refractivity contribution is 7.99. The number of nitrogens with one attached hydrogen (secondary N) is 1. The van der Waals surface area contributed by atoms with E-state index in [0.29, 0.717) is 17.3 Å². The molecule has 0 saturated carbocycles. The van der Waals surface area contributed by atoms with E-state index >= 15 is 0 Å². The molecular weight excluding hydrogens is 416 g/mol. The molecule has 2 aromatic carbocycles. The number of hydrogen-bond acceptors (Lipinski definition) is 3. The summed E-state index contributed by atoms with van der Waals surface area (Å²) in [5.41, 5.74) is 3.23. The van der Waals surface area contributed by atoms with Crippen molar-refractivity contribution < 1.29 is 9.59 Å². The van der Waals surface area contributed by atoms with Gasteiger partial charge in [-0.15, -0.1) is 11.8 Å². The van der Waals surface area contributed by atoms with Gasteiger partial charge in [-0.3, -0.25) is 9.59 Å². The Balaban J connectivity index is 2.08. The lowest BCUT2D eigenvalue weighted by Crippen LogP contribution is -2.50. The van der Waals surface area contributed by atoms with Crippen LogP contribution >= 0.6 is 23.4 Å². The van der Waals surface area contributed by atoms with Crippen molar-refractivity contribution >= 4 is 35.2 Å². The summed E-state index contributed by atoms with van der Waals surface area (Å²) in [6.45, 7) is 8.11. The first kappa shape index (κ1) is 24.3. The van der Waals surface area contributed by atoms with E-state index in [9.17, 15) is 9.59 Å². The van der Waals surface area contributed by atoms with Crippen LogP contribution < -0.4 is 5.32 Å². The number of rotatable bonds is 10. The molecule has 0 spiro atoms. The molecule has 162 valence electrons. The Kier molecular flexibility index (Phi) is 9.73. The Hall–Kier alpha value is -1.98. The number of aryl methyl sites for hydroxylation is 1. The summed E-state index contributed by atoms with van der Waals surface area (Å²) >= 11 is 7.87. The third-order valence-corrected chi connectivity index (χ3v) is 6.44. The molecule has 2 aromatic rings. The molecule has 0 aliphatic rings. The van der Waals surface area contributed by atoms with E-state index < -0.39 is 6.04 Å². The third kappa shape index (κ3) is 7.37. The van der Waals surface area contributed by atoms with Crippen molar-refractivity contribution in [2.24, 2.45) is 0 Å². The normalized spacial score (nSPS) is 12.8. The van der Waals surface area contributed by atoms with Crippen LogP contribution in [-0.4, -0.2) is 34.6 Å². The highest BCUT2D eigenvalue weighted by atomic mass is 35.5. The average molecular weight is 447 g/mol. The van der Waals surface area contributed by atoms with Crippen molar-refractivity contribution in [1.82, 2.24) is 10.2 Å². The van der Waals surface area contributed by atoms with Gasteiger partial charge in [-0.1, -0.05) is 66.6 Å². The summed E-state index contributed by atoms with van der Waals surface area (Å²) in [6, 6.07) is 15.2. The predicted octanol–water partition coefficient (Wildman–Crippen LogP) is 5.21. The Morgan fingerprint density at radius 1 is 1.10 bits per heavy atom. The second-order valence-corrected chi connectivity index (χ2v) is 8.98. The summed E-state index contributed by atoms with van der Waals surface area (Å²) in [6.07, 6.45) is 0.837. The van der Waals surface area contributed by atoms with Gasteiger partial charge in [0.2, 0.25) is 11.8 Å². The summed E-state index contributed by atoms with van der Waals surface area (Å²) in [4.78, 5) is 27.4. The molecule has 2 atom stereocenters. The molecule has 1 N–H and O–H groups in total. The maximum atomic E-state index is 13.1. The zero-order chi connectivity index (χ0) is 22.1. The summed E-state index contributed by atoms with van der Waals surface area (Å²) in [5, 5.41) is 3.57. The van der Waals surface area contributed by atoms with Crippen molar-refractivity contribution in [1.29, 1.82) is 0 Å². The second kappa shape index (κ2) is 12.0. The molecule has 30 heavy (non-hydrogen) atoms. The molecule has 0 bridgehead atoms. The van der Waals surface area contributed by atoms with Gasteiger partial charge in [-0.25, -0.2) is 0 Å². The SMILES string of the molecule is CC[C@H](C)NC(=O)[C@H](C)N(Cc1ccccc1Cl)C(=O)CSCc1ccc(C)cc1. The number of carbonyl (C=O) groups excluding carboxylic acids is 2. The number of nitrogens with zero attached hydrogens (tertiary/aromatic N) is 1. The molecule has 0 aromatic heterocycles. The lowest BCUT2D eigenvalue weighted by atomic mass is 10.1. The number of amides is 2. The Labute approximate surface area is 189 Å². The van der Waals surface area contributed by atoms with Gasteiger partial charge in [-0.2, -0.15) is 0 Å². The van der Waals surface area contributed by atoms with Gasteiger partial charge in [-0.05, 0) is 44.4 Å². The lowest BCUT2D eigenvalue weighted by molar-refractivity contribution is -0.138. The molecule has 0 heterocycles. The minimum Gasteiger partial charge on any atom is -0.352 e. The fourth-order valence-corrected chi connectivity index (χ4v) is 3.95. The minimum absolute atomic E-state index is 0.0631. The molecule has 0 unspecified atom stereocenters. The van der Waals surface area contributed by atoms with E-state index in [4.69, 9.17) is 11.6 Å². The Morgan fingerprint density at radius 2 is 1.77 bits per heavy atom. The van der Waals surface area contributed by atoms with Crippen LogP contribution in [0.15, 0.2) is 48.5 Å². The molecule has 6 heteroatoms. The number of thioether (sulfide) groups is 1. The van der Waals surface area contributed by atoms with Crippen LogP contribution in [-0.2, 0) is 21.9 Å². The monoisotopic (exact) mass is 446 g/mol. The maximum Gasteiger partial charge on any atom is 0.242 e. The van der Waals surface area contributed by atoms with Gasteiger partial charge in [0, 0.05) is 23.4 Å². The minimum atomic E-state index is -0.581. The van der Waals surface area contributed by atoms with Gasteiger partial charge < -0.3 is 10.2 Å². The molecule has 0 saturated heterocycles. The van der Waals surface area contributed by atoms with Gasteiger partial charge in [0.15, 0.2) is 0 Å². The summed E-state index contributed by atoms with van der Waals surface area (Å²) in [5.74, 6) is 0.839. The number of benzene rings is 2. The fraction of sp³-hybridized carbons (Fsp3) is 0.417. The summed E-state index contributed by atoms with van der Waals surface area (Å²) < 4.78 is 0. The largest absolute Gasteiger partial charge is 0.352 e. The molecule has 2 amide bonds. The van der Waals surface area contributed by atoms with Crippen LogP contribution in [0.3, 0.4) is 0 Å². The highest BCUT2D eigenvalue weighted by Crippen LogP contribution is 2.20. The zero-order valence-corrected chi connectivity index (χ0v) is 19.7. The third-order valence-electron chi connectivity index (χ3n) is 5.08. The van der Waals surface area contributed by atoms with Gasteiger partial charge in [0.25, 0.3) is 0 Å². The van der Waals surface area contributed by atoms with Crippen LogP contribution in [0.1, 0.15) is 43.9 Å². The van der Waals surface area contributed by atoms with E-state index in [1.165, 1.54) is 11.1 Å². The van der Waals surface area contributed by atoms with E-state index in [2.05, 4.69) is 36.5 Å². The smallest absolute Gasteiger partial charge is 0.242 e. The van der Waals surface area contributed by atoms with E-state index in [1.54, 1.807) is 29.7 Å². The number of carbonyl (C=O) groups is 2. The maximum absolute atomic E-state index is 13.1. The van der Waals surface area contributed by atoms with Crippen LogP contribution in [0.4, 0.5) is 0 Å². The number of hydrogen-bond donors (Lipinski definition) is 1. The molecule has 0 radical (unpaired) electrons. The van der Waals surface area contributed by atoms with Crippen molar-refractivity contribution in [3.63, 3.8) is 0 Å². The average Bonchev–Trinajstić information content (AvgIpc) is 2.73. The lowest BCUT2D eigenvalue weighted by Gasteiger charge is -2.30. The van der Waals surface area contributed by atoms with E-state index in [0.717, 1.165) is 17.7 Å². The van der Waals surface area contributed by atoms with Crippen LogP contribution in [0.5, 0.6) is 0 Å². The first-order valence-corrected chi connectivity index (χ1v) is 11.8. The van der Waals surface area contributed by atoms with Crippen LogP contribution in [0.25, 0.3) is 0 Å². The van der Waals surface area contributed by atoms with Gasteiger partial charge >= 0.3 is 0 Å². The number of halogens is 1. The molecule has 4 nitrogen and oxygen atoms in total. The Morgan fingerprint density at radius 3 is 2.40 bits per heavy atom. The molecule has 0 aliphatic heterocycles. The first-order chi connectivity index (χ1) is 14.3.